The van der Waals surface area contributed by atoms with Crippen molar-refractivity contribution < 1.29 is 9.47 Å². The SMILES string of the molecule is CCNC(=NCc1cccc(C)c1)NCCCOC1CCOC1.I. The van der Waals surface area contributed by atoms with Gasteiger partial charge in [-0.3, -0.25) is 0 Å². The maximum absolute atomic E-state index is 5.76. The van der Waals surface area contributed by atoms with Crippen LogP contribution in [0.1, 0.15) is 30.9 Å². The number of ether oxygens (including phenoxy) is 2. The fourth-order valence-electron chi connectivity index (χ4n) is 2.50. The van der Waals surface area contributed by atoms with E-state index in [4.69, 9.17) is 9.47 Å². The zero-order valence-electron chi connectivity index (χ0n) is 14.7. The topological polar surface area (TPSA) is 54.9 Å². The van der Waals surface area contributed by atoms with Gasteiger partial charge in [0.2, 0.25) is 0 Å². The molecule has 5 nitrogen and oxygen atoms in total. The summed E-state index contributed by atoms with van der Waals surface area (Å²) in [5.74, 6) is 0.859. The van der Waals surface area contributed by atoms with Crippen LogP contribution in [0.3, 0.4) is 0 Å². The Morgan fingerprint density at radius 1 is 1.38 bits per heavy atom. The Morgan fingerprint density at radius 2 is 2.25 bits per heavy atom. The van der Waals surface area contributed by atoms with E-state index in [-0.39, 0.29) is 24.0 Å². The first-order valence-corrected chi connectivity index (χ1v) is 8.55. The molecule has 0 saturated carbocycles. The Hall–Kier alpha value is -0.860. The molecule has 1 saturated heterocycles. The van der Waals surface area contributed by atoms with Crippen LogP contribution in [0.2, 0.25) is 0 Å². The molecule has 6 heteroatoms. The van der Waals surface area contributed by atoms with Gasteiger partial charge in [-0.2, -0.15) is 0 Å². The van der Waals surface area contributed by atoms with Crippen LogP contribution in [0.25, 0.3) is 0 Å². The summed E-state index contributed by atoms with van der Waals surface area (Å²) in [7, 11) is 0. The Morgan fingerprint density at radius 3 is 2.96 bits per heavy atom. The van der Waals surface area contributed by atoms with Crippen LogP contribution in [0, 0.1) is 6.92 Å². The van der Waals surface area contributed by atoms with Gasteiger partial charge in [0.05, 0.1) is 19.3 Å². The molecular weight excluding hydrogens is 417 g/mol. The number of halogens is 1. The summed E-state index contributed by atoms with van der Waals surface area (Å²) < 4.78 is 11.1. The lowest BCUT2D eigenvalue weighted by molar-refractivity contribution is 0.0420. The molecule has 0 amide bonds. The van der Waals surface area contributed by atoms with Crippen molar-refractivity contribution in [3.63, 3.8) is 0 Å². The highest BCUT2D eigenvalue weighted by Gasteiger charge is 2.15. The van der Waals surface area contributed by atoms with Crippen molar-refractivity contribution in [2.75, 3.05) is 32.9 Å². The first-order valence-electron chi connectivity index (χ1n) is 8.55. The van der Waals surface area contributed by atoms with E-state index < -0.39 is 0 Å². The number of nitrogens with zero attached hydrogens (tertiary/aromatic N) is 1. The quantitative estimate of drug-likeness (QED) is 0.279. The number of benzene rings is 1. The summed E-state index contributed by atoms with van der Waals surface area (Å²) in [6.07, 6.45) is 2.28. The average Bonchev–Trinajstić information content (AvgIpc) is 3.05. The van der Waals surface area contributed by atoms with E-state index in [1.165, 1.54) is 11.1 Å². The number of hydrogen-bond donors (Lipinski definition) is 2. The summed E-state index contributed by atoms with van der Waals surface area (Å²) in [6.45, 7) is 8.92. The van der Waals surface area contributed by atoms with Gasteiger partial charge in [-0.05, 0) is 32.3 Å². The molecule has 1 fully saturated rings. The molecule has 0 aromatic heterocycles. The maximum atomic E-state index is 5.76. The van der Waals surface area contributed by atoms with E-state index in [2.05, 4.69) is 53.7 Å². The fraction of sp³-hybridized carbons (Fsp3) is 0.611. The van der Waals surface area contributed by atoms with E-state index in [0.717, 1.165) is 51.7 Å². The highest BCUT2D eigenvalue weighted by Crippen LogP contribution is 2.08. The third-order valence-electron chi connectivity index (χ3n) is 3.70. The van der Waals surface area contributed by atoms with E-state index in [0.29, 0.717) is 12.6 Å². The lowest BCUT2D eigenvalue weighted by atomic mass is 10.1. The predicted molar refractivity (Wildman–Crippen MR) is 109 cm³/mol. The molecule has 24 heavy (non-hydrogen) atoms. The predicted octanol–water partition coefficient (Wildman–Crippen LogP) is 2.86. The van der Waals surface area contributed by atoms with Gasteiger partial charge in [0.25, 0.3) is 0 Å². The first-order chi connectivity index (χ1) is 11.3. The number of nitrogens with one attached hydrogen (secondary N) is 2. The van der Waals surface area contributed by atoms with Crippen LogP contribution in [-0.2, 0) is 16.0 Å². The van der Waals surface area contributed by atoms with Crippen LogP contribution in [0.4, 0.5) is 0 Å². The molecule has 0 radical (unpaired) electrons. The van der Waals surface area contributed by atoms with Gasteiger partial charge in [-0.15, -0.1) is 24.0 Å². The molecule has 1 aliphatic rings. The minimum Gasteiger partial charge on any atom is -0.379 e. The zero-order valence-corrected chi connectivity index (χ0v) is 17.0. The van der Waals surface area contributed by atoms with Gasteiger partial charge in [-0.25, -0.2) is 4.99 Å². The molecule has 1 heterocycles. The van der Waals surface area contributed by atoms with E-state index in [1.54, 1.807) is 0 Å². The highest BCUT2D eigenvalue weighted by atomic mass is 127. The maximum Gasteiger partial charge on any atom is 0.191 e. The molecule has 0 spiro atoms. The fourth-order valence-corrected chi connectivity index (χ4v) is 2.50. The highest BCUT2D eigenvalue weighted by molar-refractivity contribution is 14.0. The van der Waals surface area contributed by atoms with E-state index in [1.807, 2.05) is 0 Å². The van der Waals surface area contributed by atoms with Crippen LogP contribution in [0.5, 0.6) is 0 Å². The van der Waals surface area contributed by atoms with E-state index >= 15 is 0 Å². The van der Waals surface area contributed by atoms with Gasteiger partial charge in [-0.1, -0.05) is 29.8 Å². The van der Waals surface area contributed by atoms with Crippen molar-refractivity contribution in [3.8, 4) is 0 Å². The van der Waals surface area contributed by atoms with Crippen molar-refractivity contribution in [2.45, 2.75) is 39.3 Å². The molecule has 1 aromatic carbocycles. The van der Waals surface area contributed by atoms with Crippen LogP contribution in [-0.4, -0.2) is 45.0 Å². The van der Waals surface area contributed by atoms with Gasteiger partial charge < -0.3 is 20.1 Å². The lowest BCUT2D eigenvalue weighted by Gasteiger charge is -2.13. The molecule has 1 unspecified atom stereocenters. The molecular formula is C18H30IN3O2. The van der Waals surface area contributed by atoms with Crippen LogP contribution < -0.4 is 10.6 Å². The van der Waals surface area contributed by atoms with Crippen molar-refractivity contribution in [1.82, 2.24) is 10.6 Å². The second-order valence-electron chi connectivity index (χ2n) is 5.82. The molecule has 1 aromatic rings. The average molecular weight is 447 g/mol. The Kier molecular flexibility index (Phi) is 11.0. The third-order valence-corrected chi connectivity index (χ3v) is 3.70. The summed E-state index contributed by atoms with van der Waals surface area (Å²) in [4.78, 5) is 4.63. The number of hydrogen-bond acceptors (Lipinski definition) is 3. The molecule has 1 aliphatic heterocycles. The van der Waals surface area contributed by atoms with Gasteiger partial charge >= 0.3 is 0 Å². The number of aliphatic imine (C=N–C) groups is 1. The van der Waals surface area contributed by atoms with Crippen molar-refractivity contribution in [1.29, 1.82) is 0 Å². The number of guanidine groups is 1. The monoisotopic (exact) mass is 447 g/mol. The molecule has 0 aliphatic carbocycles. The summed E-state index contributed by atoms with van der Waals surface area (Å²) >= 11 is 0. The minimum absolute atomic E-state index is 0. The smallest absolute Gasteiger partial charge is 0.191 e. The van der Waals surface area contributed by atoms with Gasteiger partial charge in [0.1, 0.15) is 0 Å². The summed E-state index contributed by atoms with van der Waals surface area (Å²) in [5.41, 5.74) is 2.50. The summed E-state index contributed by atoms with van der Waals surface area (Å²) in [5, 5.41) is 6.64. The standard InChI is InChI=1S/C18H29N3O2.HI/c1-3-19-18(21-13-16-7-4-6-15(2)12-16)20-9-5-10-23-17-8-11-22-14-17;/h4,6-7,12,17H,3,5,8-11,13-14H2,1-2H3,(H2,19,20,21);1H. The summed E-state index contributed by atoms with van der Waals surface area (Å²) in [6, 6.07) is 8.46. The Labute approximate surface area is 162 Å². The van der Waals surface area contributed by atoms with E-state index in [9.17, 15) is 0 Å². The minimum atomic E-state index is 0. The largest absolute Gasteiger partial charge is 0.379 e. The lowest BCUT2D eigenvalue weighted by Crippen LogP contribution is -2.38. The second-order valence-corrected chi connectivity index (χ2v) is 5.82. The van der Waals surface area contributed by atoms with Gasteiger partial charge in [0.15, 0.2) is 5.96 Å². The van der Waals surface area contributed by atoms with Crippen molar-refractivity contribution in [3.05, 3.63) is 35.4 Å². The first kappa shape index (κ1) is 21.2. The van der Waals surface area contributed by atoms with Gasteiger partial charge in [0, 0.05) is 26.3 Å². The second kappa shape index (κ2) is 12.5. The number of aryl methyl sites for hydroxylation is 1. The zero-order chi connectivity index (χ0) is 16.3. The number of rotatable bonds is 8. The van der Waals surface area contributed by atoms with Crippen molar-refractivity contribution >= 4 is 29.9 Å². The van der Waals surface area contributed by atoms with Crippen LogP contribution in [0.15, 0.2) is 29.3 Å². The normalized spacial score (nSPS) is 17.4. The molecule has 1 atom stereocenters. The molecule has 2 rings (SSSR count). The Balaban J connectivity index is 0.00000288. The Bertz CT molecular complexity index is 491. The molecule has 2 N–H and O–H groups in total. The molecule has 0 bridgehead atoms. The van der Waals surface area contributed by atoms with Crippen LogP contribution >= 0.6 is 24.0 Å². The molecule has 136 valence electrons. The van der Waals surface area contributed by atoms with Crippen molar-refractivity contribution in [2.24, 2.45) is 4.99 Å². The third kappa shape index (κ3) is 8.30.